The average Bonchev–Trinajstić information content (AvgIpc) is 3.42. The van der Waals surface area contributed by atoms with Gasteiger partial charge in [-0.25, -0.2) is 0 Å². The Kier molecular flexibility index (Phi) is 5.25. The van der Waals surface area contributed by atoms with E-state index in [1.165, 1.54) is 0 Å². The van der Waals surface area contributed by atoms with E-state index in [1.54, 1.807) is 18.6 Å². The molecular formula is C21H22N4O2. The normalized spacial score (nSPS) is 16.4. The number of amides is 1. The monoisotopic (exact) mass is 362 g/mol. The number of pyridine rings is 1. The zero-order valence-electron chi connectivity index (χ0n) is 15.0. The van der Waals surface area contributed by atoms with E-state index in [0.717, 1.165) is 36.3 Å². The Balaban J connectivity index is 1.58. The molecule has 1 saturated heterocycles. The lowest BCUT2D eigenvalue weighted by molar-refractivity contribution is 0.0507. The molecule has 0 aliphatic carbocycles. The number of aromatic nitrogens is 3. The summed E-state index contributed by atoms with van der Waals surface area (Å²) < 4.78 is 5.77. The molecule has 0 bridgehead atoms. The zero-order chi connectivity index (χ0) is 18.5. The molecule has 27 heavy (non-hydrogen) atoms. The largest absolute Gasteiger partial charge is 0.376 e. The Hall–Kier alpha value is -2.99. The van der Waals surface area contributed by atoms with Gasteiger partial charge in [-0.1, -0.05) is 12.1 Å². The third-order valence-electron chi connectivity index (χ3n) is 4.78. The number of hydrogen-bond acceptors (Lipinski definition) is 4. The number of benzene rings is 1. The van der Waals surface area contributed by atoms with Crippen LogP contribution in [0, 0.1) is 0 Å². The van der Waals surface area contributed by atoms with E-state index >= 15 is 0 Å². The molecule has 4 rings (SSSR count). The second-order valence-corrected chi connectivity index (χ2v) is 6.73. The van der Waals surface area contributed by atoms with E-state index in [9.17, 15) is 4.79 Å². The third-order valence-corrected chi connectivity index (χ3v) is 4.78. The summed E-state index contributed by atoms with van der Waals surface area (Å²) in [5.41, 5.74) is 3.55. The smallest absolute Gasteiger partial charge is 0.254 e. The minimum atomic E-state index is 0.00341. The van der Waals surface area contributed by atoms with Gasteiger partial charge in [0.2, 0.25) is 0 Å². The van der Waals surface area contributed by atoms with Crippen molar-refractivity contribution in [2.45, 2.75) is 25.5 Å². The predicted molar refractivity (Wildman–Crippen MR) is 102 cm³/mol. The van der Waals surface area contributed by atoms with Crippen molar-refractivity contribution in [3.8, 4) is 11.3 Å². The molecule has 3 aromatic rings. The highest BCUT2D eigenvalue weighted by molar-refractivity contribution is 5.95. The third kappa shape index (κ3) is 4.23. The van der Waals surface area contributed by atoms with Crippen LogP contribution in [0.1, 0.15) is 28.8 Å². The number of rotatable bonds is 6. The molecule has 1 N–H and O–H groups in total. The lowest BCUT2D eigenvalue weighted by Gasteiger charge is -2.26. The molecule has 1 aromatic carbocycles. The Morgan fingerprint density at radius 1 is 1.19 bits per heavy atom. The molecule has 0 spiro atoms. The highest BCUT2D eigenvalue weighted by atomic mass is 16.5. The van der Waals surface area contributed by atoms with E-state index in [0.29, 0.717) is 18.7 Å². The fourth-order valence-corrected chi connectivity index (χ4v) is 3.38. The summed E-state index contributed by atoms with van der Waals surface area (Å²) in [6.07, 6.45) is 7.36. The van der Waals surface area contributed by atoms with E-state index in [2.05, 4.69) is 15.2 Å². The van der Waals surface area contributed by atoms with Gasteiger partial charge in [0.1, 0.15) is 0 Å². The number of nitrogens with one attached hydrogen (secondary N) is 1. The summed E-state index contributed by atoms with van der Waals surface area (Å²) in [6.45, 7) is 1.90. The first kappa shape index (κ1) is 17.4. The molecule has 1 fully saturated rings. The molecule has 2 aromatic heterocycles. The first-order chi connectivity index (χ1) is 13.3. The van der Waals surface area contributed by atoms with Crippen LogP contribution in [0.15, 0.2) is 61.1 Å². The standard InChI is InChI=1S/C21H22N4O2/c26-21(18-4-1-3-17(13-18)20-8-11-23-24-20)25(15-19-5-2-12-27-19)14-16-6-9-22-10-7-16/h1,3-4,6-11,13,19H,2,5,12,14-15H2,(H,23,24). The lowest BCUT2D eigenvalue weighted by Crippen LogP contribution is -2.37. The maximum Gasteiger partial charge on any atom is 0.254 e. The van der Waals surface area contributed by atoms with Crippen LogP contribution in [0.25, 0.3) is 11.3 Å². The molecule has 6 nitrogen and oxygen atoms in total. The summed E-state index contributed by atoms with van der Waals surface area (Å²) in [4.78, 5) is 19.2. The molecule has 1 aliphatic rings. The van der Waals surface area contributed by atoms with E-state index in [1.807, 2.05) is 47.4 Å². The fraction of sp³-hybridized carbons (Fsp3) is 0.286. The number of hydrogen-bond donors (Lipinski definition) is 1. The van der Waals surface area contributed by atoms with Gasteiger partial charge in [0.05, 0.1) is 11.8 Å². The van der Waals surface area contributed by atoms with Crippen molar-refractivity contribution in [3.05, 3.63) is 72.2 Å². The van der Waals surface area contributed by atoms with Gasteiger partial charge in [-0.15, -0.1) is 0 Å². The fourth-order valence-electron chi connectivity index (χ4n) is 3.38. The van der Waals surface area contributed by atoms with Crippen molar-refractivity contribution in [1.29, 1.82) is 0 Å². The minimum absolute atomic E-state index is 0.00341. The van der Waals surface area contributed by atoms with Gasteiger partial charge >= 0.3 is 0 Å². The van der Waals surface area contributed by atoms with E-state index < -0.39 is 0 Å². The van der Waals surface area contributed by atoms with E-state index in [-0.39, 0.29) is 12.0 Å². The van der Waals surface area contributed by atoms with E-state index in [4.69, 9.17) is 4.74 Å². The van der Waals surface area contributed by atoms with Crippen molar-refractivity contribution >= 4 is 5.91 Å². The summed E-state index contributed by atoms with van der Waals surface area (Å²) in [6, 6.07) is 13.4. The van der Waals surface area contributed by atoms with Crippen LogP contribution in [0.4, 0.5) is 0 Å². The number of ether oxygens (including phenoxy) is 1. The van der Waals surface area contributed by atoms with Crippen LogP contribution < -0.4 is 0 Å². The topological polar surface area (TPSA) is 71.1 Å². The minimum Gasteiger partial charge on any atom is -0.376 e. The summed E-state index contributed by atoms with van der Waals surface area (Å²) in [7, 11) is 0. The van der Waals surface area contributed by atoms with Gasteiger partial charge in [0, 0.05) is 49.4 Å². The molecule has 1 amide bonds. The quantitative estimate of drug-likeness (QED) is 0.730. The van der Waals surface area contributed by atoms with Crippen molar-refractivity contribution in [1.82, 2.24) is 20.1 Å². The van der Waals surface area contributed by atoms with Gasteiger partial charge in [0.15, 0.2) is 0 Å². The summed E-state index contributed by atoms with van der Waals surface area (Å²) in [5, 5.41) is 6.94. The van der Waals surface area contributed by atoms with Crippen molar-refractivity contribution in [2.24, 2.45) is 0 Å². The first-order valence-electron chi connectivity index (χ1n) is 9.19. The molecule has 1 aliphatic heterocycles. The Bertz CT molecular complexity index is 874. The van der Waals surface area contributed by atoms with Crippen LogP contribution >= 0.6 is 0 Å². The van der Waals surface area contributed by atoms with Gasteiger partial charge in [-0.2, -0.15) is 5.10 Å². The lowest BCUT2D eigenvalue weighted by atomic mass is 10.1. The Morgan fingerprint density at radius 3 is 2.81 bits per heavy atom. The molecule has 1 unspecified atom stereocenters. The Labute approximate surface area is 158 Å². The van der Waals surface area contributed by atoms with Crippen molar-refractivity contribution in [2.75, 3.05) is 13.2 Å². The number of aromatic amines is 1. The molecule has 0 saturated carbocycles. The maximum absolute atomic E-state index is 13.3. The molecule has 138 valence electrons. The van der Waals surface area contributed by atoms with Gasteiger partial charge < -0.3 is 9.64 Å². The number of H-pyrrole nitrogens is 1. The molecule has 0 radical (unpaired) electrons. The number of carbonyl (C=O) groups excluding carboxylic acids is 1. The SMILES string of the molecule is O=C(c1cccc(-c2ccn[nH]2)c1)N(Cc1ccncc1)CC1CCCO1. The van der Waals surface area contributed by atoms with Crippen LogP contribution in [-0.4, -0.2) is 45.2 Å². The average molecular weight is 362 g/mol. The zero-order valence-corrected chi connectivity index (χ0v) is 15.0. The number of nitrogens with zero attached hydrogens (tertiary/aromatic N) is 3. The van der Waals surface area contributed by atoms with Crippen LogP contribution in [0.5, 0.6) is 0 Å². The van der Waals surface area contributed by atoms with Crippen LogP contribution in [0.2, 0.25) is 0 Å². The summed E-state index contributed by atoms with van der Waals surface area (Å²) in [5.74, 6) is 0.00341. The van der Waals surface area contributed by atoms with Crippen molar-refractivity contribution in [3.63, 3.8) is 0 Å². The van der Waals surface area contributed by atoms with Gasteiger partial charge in [0.25, 0.3) is 5.91 Å². The van der Waals surface area contributed by atoms with Crippen molar-refractivity contribution < 1.29 is 9.53 Å². The van der Waals surface area contributed by atoms with Crippen LogP contribution in [-0.2, 0) is 11.3 Å². The second kappa shape index (κ2) is 8.14. The summed E-state index contributed by atoms with van der Waals surface area (Å²) >= 11 is 0. The molecule has 3 heterocycles. The van der Waals surface area contributed by atoms with Gasteiger partial charge in [-0.3, -0.25) is 14.9 Å². The molecule has 1 atom stereocenters. The number of carbonyl (C=O) groups is 1. The first-order valence-corrected chi connectivity index (χ1v) is 9.19. The maximum atomic E-state index is 13.3. The van der Waals surface area contributed by atoms with Gasteiger partial charge in [-0.05, 0) is 48.7 Å². The molecule has 6 heteroatoms. The Morgan fingerprint density at radius 2 is 2.07 bits per heavy atom. The highest BCUT2D eigenvalue weighted by Gasteiger charge is 2.24. The molecular weight excluding hydrogens is 340 g/mol. The van der Waals surface area contributed by atoms with Crippen LogP contribution in [0.3, 0.4) is 0 Å². The predicted octanol–water partition coefficient (Wildman–Crippen LogP) is 3.29. The highest BCUT2D eigenvalue weighted by Crippen LogP contribution is 2.21. The second-order valence-electron chi connectivity index (χ2n) is 6.73.